The molecule has 0 aromatic rings. The Morgan fingerprint density at radius 3 is 2.46 bits per heavy atom. The fourth-order valence-corrected chi connectivity index (χ4v) is 5.76. The monoisotopic (exact) mass is 558 g/mol. The van der Waals surface area contributed by atoms with Gasteiger partial charge in [0.05, 0.1) is 30.1 Å². The third kappa shape index (κ3) is 8.06. The first-order valence-corrected chi connectivity index (χ1v) is 14.3. The van der Waals surface area contributed by atoms with Gasteiger partial charge in [-0.15, -0.1) is 0 Å². The van der Waals surface area contributed by atoms with E-state index in [1.807, 2.05) is 26.8 Å². The molecule has 1 saturated heterocycles. The highest BCUT2D eigenvalue weighted by Crippen LogP contribution is 2.37. The van der Waals surface area contributed by atoms with Crippen molar-refractivity contribution >= 4 is 6.09 Å². The lowest BCUT2D eigenvalue weighted by atomic mass is 9.79. The number of allylic oxidation sites excluding steroid dienone is 1. The van der Waals surface area contributed by atoms with E-state index in [2.05, 4.69) is 5.32 Å². The number of alkyl carbamates (subject to hydrolysis) is 1. The van der Waals surface area contributed by atoms with Crippen LogP contribution < -0.4 is 11.1 Å². The highest BCUT2D eigenvalue weighted by Gasteiger charge is 2.50. The first kappa shape index (κ1) is 32.0. The van der Waals surface area contributed by atoms with Gasteiger partial charge in [0.1, 0.15) is 23.9 Å². The second-order valence-electron chi connectivity index (χ2n) is 12.5. The average molecular weight is 559 g/mol. The number of carbonyl (C=O) groups excluding carboxylic acids is 1. The number of hydrogen-bond donors (Lipinski definition) is 5. The first-order chi connectivity index (χ1) is 18.2. The molecule has 2 aliphatic heterocycles. The minimum atomic E-state index is -1.19. The molecule has 0 aromatic carbocycles. The standard InChI is InChI=1S/C28H50N2O9/c1-8-10-16-11-12-19(30-26(33)39-27(4,5)6)24(36-16)37-22-15(3)13-18(29)23(21(22)32)38-25-20(31)17(9-2)28(7,34)14-35-25/h11,15,17-25,31-32,34H,8-10,12-14,29H2,1-7H3,(H,30,33)/t15-,17+,18+,19+,20+,21-,22+,23-,24+,25+,28-/m0/s1. The van der Waals surface area contributed by atoms with E-state index in [0.717, 1.165) is 18.6 Å². The predicted octanol–water partition coefficient (Wildman–Crippen LogP) is 2.30. The summed E-state index contributed by atoms with van der Waals surface area (Å²) in [5.74, 6) is 0.157. The van der Waals surface area contributed by atoms with Crippen LogP contribution in [0.3, 0.4) is 0 Å². The first-order valence-electron chi connectivity index (χ1n) is 14.3. The lowest BCUT2D eigenvalue weighted by molar-refractivity contribution is -0.314. The molecule has 226 valence electrons. The normalized spacial score (nSPS) is 41.4. The number of nitrogens with two attached hydrogens (primary N) is 1. The van der Waals surface area contributed by atoms with Crippen molar-refractivity contribution in [2.24, 2.45) is 17.6 Å². The van der Waals surface area contributed by atoms with Crippen LogP contribution in [0.15, 0.2) is 11.8 Å². The van der Waals surface area contributed by atoms with E-state index in [-0.39, 0.29) is 12.5 Å². The summed E-state index contributed by atoms with van der Waals surface area (Å²) in [6, 6.07) is -1.07. The van der Waals surface area contributed by atoms with Crippen molar-refractivity contribution in [1.29, 1.82) is 0 Å². The molecule has 1 saturated carbocycles. The molecule has 0 radical (unpaired) electrons. The Hall–Kier alpha value is -1.47. The Balaban J connectivity index is 1.74. The van der Waals surface area contributed by atoms with E-state index >= 15 is 0 Å². The van der Waals surface area contributed by atoms with Gasteiger partial charge in [0.25, 0.3) is 0 Å². The van der Waals surface area contributed by atoms with E-state index in [9.17, 15) is 20.1 Å². The molecule has 3 rings (SSSR count). The van der Waals surface area contributed by atoms with Crippen LogP contribution in [0.5, 0.6) is 0 Å². The van der Waals surface area contributed by atoms with Gasteiger partial charge in [-0.1, -0.05) is 20.8 Å². The third-order valence-corrected chi connectivity index (χ3v) is 7.75. The molecule has 0 unspecified atom stereocenters. The summed E-state index contributed by atoms with van der Waals surface area (Å²) >= 11 is 0. The minimum absolute atomic E-state index is 0.0118. The lowest BCUT2D eigenvalue weighted by Gasteiger charge is -2.48. The molecule has 0 bridgehead atoms. The Morgan fingerprint density at radius 1 is 1.18 bits per heavy atom. The summed E-state index contributed by atoms with van der Waals surface area (Å²) < 4.78 is 29.7. The lowest BCUT2D eigenvalue weighted by Crippen LogP contribution is -2.63. The number of ether oxygens (including phenoxy) is 5. The molecule has 11 nitrogen and oxygen atoms in total. The number of rotatable bonds is 8. The van der Waals surface area contributed by atoms with Crippen LogP contribution in [-0.4, -0.2) is 88.3 Å². The molecule has 6 N–H and O–H groups in total. The number of aliphatic hydroxyl groups is 3. The molecule has 1 aliphatic carbocycles. The van der Waals surface area contributed by atoms with E-state index in [4.69, 9.17) is 29.4 Å². The van der Waals surface area contributed by atoms with Crippen LogP contribution in [0.1, 0.15) is 80.6 Å². The molecule has 0 aromatic heterocycles. The molecule has 2 heterocycles. The summed E-state index contributed by atoms with van der Waals surface area (Å²) in [7, 11) is 0. The van der Waals surface area contributed by atoms with Gasteiger partial charge in [-0.05, 0) is 65.4 Å². The second-order valence-corrected chi connectivity index (χ2v) is 12.5. The maximum absolute atomic E-state index is 12.5. The van der Waals surface area contributed by atoms with Gasteiger partial charge in [-0.25, -0.2) is 4.79 Å². The van der Waals surface area contributed by atoms with Crippen molar-refractivity contribution in [3.05, 3.63) is 11.8 Å². The van der Waals surface area contributed by atoms with Crippen molar-refractivity contribution in [2.45, 2.75) is 141 Å². The number of aliphatic hydroxyl groups excluding tert-OH is 2. The van der Waals surface area contributed by atoms with Crippen molar-refractivity contribution in [3.63, 3.8) is 0 Å². The summed E-state index contributed by atoms with van der Waals surface area (Å²) in [4.78, 5) is 12.5. The summed E-state index contributed by atoms with van der Waals surface area (Å²) in [6.45, 7) is 12.8. The number of nitrogens with one attached hydrogen (secondary N) is 1. The van der Waals surface area contributed by atoms with Gasteiger partial charge in [-0.2, -0.15) is 0 Å². The predicted molar refractivity (Wildman–Crippen MR) is 143 cm³/mol. The van der Waals surface area contributed by atoms with E-state index in [0.29, 0.717) is 19.3 Å². The zero-order valence-electron chi connectivity index (χ0n) is 24.5. The van der Waals surface area contributed by atoms with Crippen LogP contribution in [0, 0.1) is 11.8 Å². The van der Waals surface area contributed by atoms with E-state index in [1.54, 1.807) is 27.7 Å². The van der Waals surface area contributed by atoms with E-state index < -0.39 is 72.3 Å². The van der Waals surface area contributed by atoms with Crippen molar-refractivity contribution < 1.29 is 43.8 Å². The molecule has 1 amide bonds. The fraction of sp³-hybridized carbons (Fsp3) is 0.893. The molecule has 0 spiro atoms. The Bertz CT molecular complexity index is 845. The minimum Gasteiger partial charge on any atom is -0.467 e. The smallest absolute Gasteiger partial charge is 0.408 e. The highest BCUT2D eigenvalue weighted by atomic mass is 16.7. The maximum Gasteiger partial charge on any atom is 0.408 e. The van der Waals surface area contributed by atoms with Crippen LogP contribution in [0.25, 0.3) is 0 Å². The van der Waals surface area contributed by atoms with Gasteiger partial charge in [0.2, 0.25) is 6.29 Å². The summed E-state index contributed by atoms with van der Waals surface area (Å²) in [5, 5.41) is 35.8. The number of amides is 1. The Labute approximate surface area is 232 Å². The van der Waals surface area contributed by atoms with Gasteiger partial charge < -0.3 is 50.1 Å². The largest absolute Gasteiger partial charge is 0.467 e. The Kier molecular flexibility index (Phi) is 10.7. The topological polar surface area (TPSA) is 162 Å². The Morgan fingerprint density at radius 2 is 1.85 bits per heavy atom. The summed E-state index contributed by atoms with van der Waals surface area (Å²) in [5.41, 5.74) is 4.55. The van der Waals surface area contributed by atoms with Crippen molar-refractivity contribution in [2.75, 3.05) is 6.61 Å². The van der Waals surface area contributed by atoms with Gasteiger partial charge in [0, 0.05) is 18.4 Å². The average Bonchev–Trinajstić information content (AvgIpc) is 2.81. The van der Waals surface area contributed by atoms with Crippen LogP contribution in [-0.2, 0) is 23.7 Å². The van der Waals surface area contributed by atoms with Crippen LogP contribution >= 0.6 is 0 Å². The molecule has 39 heavy (non-hydrogen) atoms. The quantitative estimate of drug-likeness (QED) is 0.299. The van der Waals surface area contributed by atoms with Gasteiger partial charge >= 0.3 is 6.09 Å². The van der Waals surface area contributed by atoms with Crippen molar-refractivity contribution in [3.8, 4) is 0 Å². The number of carbonyl (C=O) groups is 1. The summed E-state index contributed by atoms with van der Waals surface area (Å²) in [6.07, 6.45) is -1.34. The molecular weight excluding hydrogens is 508 g/mol. The fourth-order valence-electron chi connectivity index (χ4n) is 5.76. The SMILES string of the molecule is CCCC1=CC[C@@H](NC(=O)OC(C)(C)C)[C@@H](O[C@H]2[C@H](O)[C@@H](O[C@H]3OC[C@](C)(O)[C@H](CC)[C@H]3O)[C@H](N)C[C@@H]2C)O1. The zero-order chi connectivity index (χ0) is 29.1. The zero-order valence-corrected chi connectivity index (χ0v) is 24.5. The maximum atomic E-state index is 12.5. The molecular formula is C28H50N2O9. The van der Waals surface area contributed by atoms with Gasteiger partial charge in [-0.3, -0.25) is 0 Å². The molecule has 11 heteroatoms. The van der Waals surface area contributed by atoms with Crippen LogP contribution in [0.4, 0.5) is 4.79 Å². The highest BCUT2D eigenvalue weighted by molar-refractivity contribution is 5.68. The number of hydrogen-bond acceptors (Lipinski definition) is 10. The van der Waals surface area contributed by atoms with Crippen LogP contribution in [0.2, 0.25) is 0 Å². The van der Waals surface area contributed by atoms with Gasteiger partial charge in [0.15, 0.2) is 6.29 Å². The molecule has 11 atom stereocenters. The van der Waals surface area contributed by atoms with E-state index in [1.165, 1.54) is 0 Å². The van der Waals surface area contributed by atoms with Crippen molar-refractivity contribution in [1.82, 2.24) is 5.32 Å². The second kappa shape index (κ2) is 13.0. The third-order valence-electron chi connectivity index (χ3n) is 7.75. The molecule has 2 fully saturated rings. The molecule has 3 aliphatic rings.